The first-order valence-electron chi connectivity index (χ1n) is 20.3. The quantitative estimate of drug-likeness (QED) is 0.106. The summed E-state index contributed by atoms with van der Waals surface area (Å²) in [4.78, 5) is 42.8. The van der Waals surface area contributed by atoms with Crippen molar-refractivity contribution >= 4 is 40.3 Å². The van der Waals surface area contributed by atoms with Crippen molar-refractivity contribution in [3.63, 3.8) is 0 Å². The minimum atomic E-state index is -2.04. The number of phenolic OH excluding ortho intramolecular Hbond substituents is 3. The second kappa shape index (κ2) is 18.6. The lowest BCUT2D eigenvalue weighted by atomic mass is 9.78. The summed E-state index contributed by atoms with van der Waals surface area (Å²) in [6.07, 6.45) is 5.70. The average molecular weight is 837 g/mol. The predicted octanol–water partition coefficient (Wildman–Crippen LogP) is 4.73. The van der Waals surface area contributed by atoms with Crippen LogP contribution in [0.4, 0.5) is 5.69 Å². The molecule has 328 valence electrons. The summed E-state index contributed by atoms with van der Waals surface area (Å²) in [6.45, 7) is 15.3. The molecule has 16 heteroatoms. The fourth-order valence-electron chi connectivity index (χ4n) is 8.16. The zero-order valence-corrected chi connectivity index (χ0v) is 36.1. The third-order valence-corrected chi connectivity index (χ3v) is 12.1. The number of phenols is 3. The molecule has 4 heterocycles. The molecule has 2 aromatic rings. The van der Waals surface area contributed by atoms with Gasteiger partial charge in [0, 0.05) is 80.8 Å². The van der Waals surface area contributed by atoms with E-state index in [1.807, 2.05) is 7.05 Å². The normalized spacial score (nSPS) is 30.0. The first-order valence-corrected chi connectivity index (χ1v) is 20.3. The lowest BCUT2D eigenvalue weighted by molar-refractivity contribution is -0.160. The van der Waals surface area contributed by atoms with Crippen LogP contribution in [0.25, 0.3) is 10.8 Å². The highest BCUT2D eigenvalue weighted by molar-refractivity contribution is 6.23. The van der Waals surface area contributed by atoms with Gasteiger partial charge in [-0.2, -0.15) is 5.10 Å². The van der Waals surface area contributed by atoms with E-state index in [4.69, 9.17) is 18.9 Å². The number of Topliss-reactive ketones (excluding diaryl/α,β-unsaturated/α-hetero) is 1. The van der Waals surface area contributed by atoms with Gasteiger partial charge in [0.15, 0.2) is 5.75 Å². The largest absolute Gasteiger partial charge is 0.507 e. The van der Waals surface area contributed by atoms with Crippen molar-refractivity contribution in [1.29, 1.82) is 0 Å². The van der Waals surface area contributed by atoms with Crippen LogP contribution in [-0.4, -0.2) is 130 Å². The third-order valence-electron chi connectivity index (χ3n) is 12.1. The Labute approximate surface area is 350 Å². The summed E-state index contributed by atoms with van der Waals surface area (Å²) in [5.41, 5.74) is -0.340. The van der Waals surface area contributed by atoms with E-state index in [1.165, 1.54) is 59.4 Å². The van der Waals surface area contributed by atoms with Crippen molar-refractivity contribution < 1.29 is 58.9 Å². The fraction of sp³-hybridized carbons (Fsp3) is 0.545. The number of aromatic hydroxyl groups is 3. The number of methoxy groups -OCH3 is 1. The number of amides is 1. The lowest BCUT2D eigenvalue weighted by Crippen LogP contribution is -2.46. The molecule has 0 unspecified atom stereocenters. The maximum atomic E-state index is 14.5. The summed E-state index contributed by atoms with van der Waals surface area (Å²) in [5.74, 6) is -8.34. The SMILES string of the molecule is CO[C@@H]1C=CO[C@@]2(C)Oc3c(C)c(O)c4c(O)c(c(C=NN5CCCN(C)CC5)c(O)c4c3C2=O)NC(=O)C(C)=CC=C[C@H](C)[C@H](O)[C@H](C)[C@H](O)[C@H](C)[C@H](OC(C)=O)[C@@H]1C. The fourth-order valence-corrected chi connectivity index (χ4v) is 8.16. The smallest absolute Gasteiger partial charge is 0.312 e. The maximum absolute atomic E-state index is 14.5. The Bertz CT molecular complexity index is 2100. The number of carbonyl (C=O) groups is 3. The number of benzene rings is 2. The molecule has 6 rings (SSSR count). The molecule has 2 aromatic carbocycles. The number of rotatable bonds is 4. The van der Waals surface area contributed by atoms with Crippen LogP contribution >= 0.6 is 0 Å². The molecule has 6 N–H and O–H groups in total. The van der Waals surface area contributed by atoms with Gasteiger partial charge in [0.2, 0.25) is 0 Å². The number of hydrogen-bond acceptors (Lipinski definition) is 15. The van der Waals surface area contributed by atoms with E-state index in [9.17, 15) is 39.9 Å². The number of ketones is 1. The van der Waals surface area contributed by atoms with E-state index in [0.29, 0.717) is 13.1 Å². The van der Waals surface area contributed by atoms with E-state index in [0.717, 1.165) is 19.5 Å². The molecule has 4 aliphatic heterocycles. The molecule has 16 nitrogen and oxygen atoms in total. The van der Waals surface area contributed by atoms with Gasteiger partial charge in [-0.1, -0.05) is 45.9 Å². The molecule has 0 aromatic heterocycles. The topological polar surface area (TPSA) is 220 Å². The third kappa shape index (κ3) is 9.11. The number of hydrogen-bond donors (Lipinski definition) is 6. The molecule has 9 atom stereocenters. The van der Waals surface area contributed by atoms with Crippen molar-refractivity contribution in [3.05, 3.63) is 52.8 Å². The summed E-state index contributed by atoms with van der Waals surface area (Å²) in [5, 5.41) is 67.1. The molecule has 4 aliphatic rings. The number of hydrazone groups is 1. The highest BCUT2D eigenvalue weighted by Gasteiger charge is 2.50. The molecule has 0 aliphatic carbocycles. The van der Waals surface area contributed by atoms with Gasteiger partial charge in [0.05, 0.1) is 53.0 Å². The summed E-state index contributed by atoms with van der Waals surface area (Å²) in [6, 6.07) is 0. The van der Waals surface area contributed by atoms with Crippen LogP contribution in [0.5, 0.6) is 23.0 Å². The molecule has 5 bridgehead atoms. The number of carbonyl (C=O) groups excluding carboxylic acids is 3. The average Bonchev–Trinajstić information content (AvgIpc) is 3.31. The number of aliphatic hydroxyl groups excluding tert-OH is 2. The lowest BCUT2D eigenvalue weighted by Gasteiger charge is -2.38. The molecular formula is C44H60N4O12. The van der Waals surface area contributed by atoms with Gasteiger partial charge in [-0.25, -0.2) is 0 Å². The minimum Gasteiger partial charge on any atom is -0.507 e. The molecule has 1 fully saturated rings. The van der Waals surface area contributed by atoms with Gasteiger partial charge < -0.3 is 54.7 Å². The van der Waals surface area contributed by atoms with Crippen molar-refractivity contribution in [2.45, 2.75) is 92.0 Å². The number of likely N-dealkylation sites (N-methyl/N-ethyl adjacent to an activating group) is 1. The Morgan fingerprint density at radius 1 is 0.950 bits per heavy atom. The van der Waals surface area contributed by atoms with Crippen molar-refractivity contribution in [1.82, 2.24) is 9.91 Å². The van der Waals surface area contributed by atoms with Crippen molar-refractivity contribution in [3.8, 4) is 23.0 Å². The molecule has 0 radical (unpaired) electrons. The van der Waals surface area contributed by atoms with Crippen LogP contribution in [0.15, 0.2) is 41.2 Å². The van der Waals surface area contributed by atoms with Crippen molar-refractivity contribution in [2.24, 2.45) is 28.8 Å². The number of anilines is 1. The summed E-state index contributed by atoms with van der Waals surface area (Å²) < 4.78 is 23.6. The highest BCUT2D eigenvalue weighted by Crippen LogP contribution is 2.55. The van der Waals surface area contributed by atoms with Crippen LogP contribution in [0.2, 0.25) is 0 Å². The predicted molar refractivity (Wildman–Crippen MR) is 225 cm³/mol. The monoisotopic (exact) mass is 836 g/mol. The van der Waals surface area contributed by atoms with Crippen LogP contribution in [0, 0.1) is 30.6 Å². The molecule has 0 saturated carbocycles. The Morgan fingerprint density at radius 2 is 1.65 bits per heavy atom. The molecular weight excluding hydrogens is 776 g/mol. The number of aliphatic hydroxyl groups is 2. The van der Waals surface area contributed by atoms with Gasteiger partial charge in [-0.3, -0.25) is 19.4 Å². The summed E-state index contributed by atoms with van der Waals surface area (Å²) in [7, 11) is 3.44. The Hall–Kier alpha value is -5.16. The molecule has 1 amide bonds. The van der Waals surface area contributed by atoms with E-state index >= 15 is 0 Å². The second-order valence-electron chi connectivity index (χ2n) is 16.5. The zero-order chi connectivity index (χ0) is 44.4. The Kier molecular flexibility index (Phi) is 14.3. The van der Waals surface area contributed by atoms with Crippen LogP contribution in [0.3, 0.4) is 0 Å². The molecule has 1 saturated heterocycles. The molecule has 60 heavy (non-hydrogen) atoms. The minimum absolute atomic E-state index is 0.0571. The standard InChI is InChI=1S/C44H60N4O12/c1-22-13-11-14-23(2)43(56)46-34-29(21-45-48-17-12-16-47(9)18-19-48)38(53)31-32(39(34)54)37(52)27(6)41-33(31)42(55)44(8,60-41)58-20-15-30(57-10)24(3)40(59-28(7)49)26(5)36(51)25(4)35(22)50/h11,13-15,20-22,24-26,30,35-36,40,50-54H,12,16-19H2,1-10H3,(H,46,56)/t22-,24+,25-,26-,30+,35-,36-,40+,44-/m0/s1. The number of esters is 1. The number of ether oxygens (including phenoxy) is 4. The van der Waals surface area contributed by atoms with Gasteiger partial charge in [0.25, 0.3) is 11.7 Å². The van der Waals surface area contributed by atoms with E-state index in [1.54, 1.807) is 44.9 Å². The van der Waals surface area contributed by atoms with E-state index in [-0.39, 0.29) is 44.5 Å². The number of fused-ring (bicyclic) bond motifs is 14. The maximum Gasteiger partial charge on any atom is 0.312 e. The Balaban J connectivity index is 1.71. The van der Waals surface area contributed by atoms with E-state index in [2.05, 4.69) is 15.3 Å². The number of nitrogens with one attached hydrogen (secondary N) is 1. The van der Waals surface area contributed by atoms with Gasteiger partial charge in [0.1, 0.15) is 23.4 Å². The molecule has 0 spiro atoms. The van der Waals surface area contributed by atoms with Gasteiger partial charge in [-0.15, -0.1) is 0 Å². The Morgan fingerprint density at radius 3 is 2.32 bits per heavy atom. The number of nitrogens with zero attached hydrogens (tertiary/aromatic N) is 3. The van der Waals surface area contributed by atoms with Gasteiger partial charge in [-0.05, 0) is 39.9 Å². The van der Waals surface area contributed by atoms with Crippen molar-refractivity contribution in [2.75, 3.05) is 45.7 Å². The van der Waals surface area contributed by atoms with Gasteiger partial charge >= 0.3 is 11.8 Å². The summed E-state index contributed by atoms with van der Waals surface area (Å²) >= 11 is 0. The van der Waals surface area contributed by atoms with Crippen LogP contribution < -0.4 is 10.1 Å². The number of allylic oxidation sites excluding steroid dienone is 2. The zero-order valence-electron chi connectivity index (χ0n) is 36.1. The highest BCUT2D eigenvalue weighted by atomic mass is 16.7. The first-order chi connectivity index (χ1) is 28.2. The van der Waals surface area contributed by atoms with Crippen LogP contribution in [-0.2, 0) is 23.8 Å². The van der Waals surface area contributed by atoms with Crippen LogP contribution in [0.1, 0.15) is 76.4 Å². The second-order valence-corrected chi connectivity index (χ2v) is 16.5. The first kappa shape index (κ1) is 45.9. The van der Waals surface area contributed by atoms with E-state index < -0.39 is 88.8 Å².